The van der Waals surface area contributed by atoms with Crippen LogP contribution in [0.25, 0.3) is 22.3 Å². The normalized spacial score (nSPS) is 11.1. The van der Waals surface area contributed by atoms with Crippen molar-refractivity contribution < 1.29 is 13.2 Å². The highest BCUT2D eigenvalue weighted by Gasteiger charge is 2.13. The zero-order valence-corrected chi connectivity index (χ0v) is 10.2. The number of nitrogens with two attached hydrogens (primary N) is 1. The molecule has 19 heavy (non-hydrogen) atoms. The van der Waals surface area contributed by atoms with E-state index in [1.54, 1.807) is 13.0 Å². The zero-order valence-electron chi connectivity index (χ0n) is 10.2. The van der Waals surface area contributed by atoms with Crippen molar-refractivity contribution >= 4 is 16.7 Å². The summed E-state index contributed by atoms with van der Waals surface area (Å²) in [4.78, 5) is 0. The van der Waals surface area contributed by atoms with Crippen molar-refractivity contribution in [3.8, 4) is 11.3 Å². The van der Waals surface area contributed by atoms with Crippen LogP contribution < -0.4 is 5.73 Å². The molecule has 0 amide bonds. The van der Waals surface area contributed by atoms with Crippen LogP contribution in [-0.4, -0.2) is 0 Å². The topological polar surface area (TPSA) is 39.2 Å². The minimum absolute atomic E-state index is 0.278. The molecule has 2 N–H and O–H groups in total. The second kappa shape index (κ2) is 4.09. The Hall–Kier alpha value is -2.36. The minimum Gasteiger partial charge on any atom is -0.456 e. The third-order valence-electron chi connectivity index (χ3n) is 3.10. The van der Waals surface area contributed by atoms with Crippen LogP contribution in [0, 0.1) is 18.6 Å². The largest absolute Gasteiger partial charge is 0.456 e. The molecule has 0 atom stereocenters. The van der Waals surface area contributed by atoms with Gasteiger partial charge in [-0.15, -0.1) is 0 Å². The molecule has 2 aromatic carbocycles. The summed E-state index contributed by atoms with van der Waals surface area (Å²) in [7, 11) is 0. The average molecular weight is 259 g/mol. The molecule has 1 aromatic heterocycles. The summed E-state index contributed by atoms with van der Waals surface area (Å²) in [6, 6.07) is 8.65. The molecule has 2 nitrogen and oxygen atoms in total. The summed E-state index contributed by atoms with van der Waals surface area (Å²) in [5.74, 6) is -0.431. The van der Waals surface area contributed by atoms with Crippen LogP contribution in [0.1, 0.15) is 5.56 Å². The number of fused-ring (bicyclic) bond motifs is 1. The summed E-state index contributed by atoms with van der Waals surface area (Å²) >= 11 is 0. The van der Waals surface area contributed by atoms with E-state index in [0.717, 1.165) is 0 Å². The average Bonchev–Trinajstić information content (AvgIpc) is 2.76. The predicted molar refractivity (Wildman–Crippen MR) is 70.7 cm³/mol. The molecule has 0 fully saturated rings. The zero-order chi connectivity index (χ0) is 13.6. The first kappa shape index (κ1) is 11.7. The number of nitrogen functional groups attached to an aromatic ring is 1. The molecule has 0 radical (unpaired) electrons. The molecule has 0 bridgehead atoms. The molecular formula is C15H11F2NO. The van der Waals surface area contributed by atoms with Crippen LogP contribution in [0.5, 0.6) is 0 Å². The molecule has 0 aliphatic heterocycles. The predicted octanol–water partition coefficient (Wildman–Crippen LogP) is 4.27. The van der Waals surface area contributed by atoms with Gasteiger partial charge in [-0.25, -0.2) is 8.78 Å². The maximum atomic E-state index is 13.9. The van der Waals surface area contributed by atoms with Crippen molar-refractivity contribution in [1.29, 1.82) is 0 Å². The lowest BCUT2D eigenvalue weighted by molar-refractivity contribution is 0.599. The first-order chi connectivity index (χ1) is 9.04. The van der Waals surface area contributed by atoms with Gasteiger partial charge in [0.1, 0.15) is 23.0 Å². The summed E-state index contributed by atoms with van der Waals surface area (Å²) in [6.07, 6.45) is 0. The van der Waals surface area contributed by atoms with Gasteiger partial charge < -0.3 is 10.2 Å². The van der Waals surface area contributed by atoms with E-state index in [0.29, 0.717) is 28.0 Å². The fraction of sp³-hybridized carbons (Fsp3) is 0.0667. The van der Waals surface area contributed by atoms with Gasteiger partial charge in [-0.05, 0) is 48.9 Å². The Balaban J connectivity index is 2.21. The smallest absolute Gasteiger partial charge is 0.138 e. The van der Waals surface area contributed by atoms with Crippen molar-refractivity contribution in [2.24, 2.45) is 0 Å². The number of furan rings is 1. The summed E-state index contributed by atoms with van der Waals surface area (Å²) < 4.78 is 32.6. The van der Waals surface area contributed by atoms with Gasteiger partial charge in [0.15, 0.2) is 0 Å². The molecule has 0 aliphatic rings. The van der Waals surface area contributed by atoms with E-state index in [1.165, 1.54) is 30.3 Å². The number of hydrogen-bond donors (Lipinski definition) is 1. The standard InChI is InChI=1S/C15H11F2NO/c1-8-4-12(17)11(7-13(8)18)15-6-9-5-10(16)2-3-14(9)19-15/h2-7H,18H2,1H3. The van der Waals surface area contributed by atoms with E-state index in [2.05, 4.69) is 0 Å². The van der Waals surface area contributed by atoms with Gasteiger partial charge in [0.2, 0.25) is 0 Å². The molecule has 0 aliphatic carbocycles. The number of anilines is 1. The van der Waals surface area contributed by atoms with E-state index >= 15 is 0 Å². The third kappa shape index (κ3) is 1.95. The van der Waals surface area contributed by atoms with Gasteiger partial charge in [-0.2, -0.15) is 0 Å². The summed E-state index contributed by atoms with van der Waals surface area (Å²) in [5, 5.41) is 0.591. The molecule has 0 saturated heterocycles. The number of aryl methyl sites for hydroxylation is 1. The highest BCUT2D eigenvalue weighted by Crippen LogP contribution is 2.32. The molecule has 96 valence electrons. The molecule has 3 aromatic rings. The van der Waals surface area contributed by atoms with Gasteiger partial charge in [0, 0.05) is 11.1 Å². The molecule has 0 saturated carbocycles. The van der Waals surface area contributed by atoms with Gasteiger partial charge >= 0.3 is 0 Å². The van der Waals surface area contributed by atoms with Gasteiger partial charge in [-0.3, -0.25) is 0 Å². The number of hydrogen-bond acceptors (Lipinski definition) is 2. The Bertz CT molecular complexity index is 777. The van der Waals surface area contributed by atoms with E-state index in [-0.39, 0.29) is 11.4 Å². The van der Waals surface area contributed by atoms with E-state index < -0.39 is 5.82 Å². The van der Waals surface area contributed by atoms with Gasteiger partial charge in [-0.1, -0.05) is 0 Å². The number of halogens is 2. The first-order valence-electron chi connectivity index (χ1n) is 5.79. The number of rotatable bonds is 1. The van der Waals surface area contributed by atoms with Gasteiger partial charge in [0.25, 0.3) is 0 Å². The highest BCUT2D eigenvalue weighted by atomic mass is 19.1. The van der Waals surface area contributed by atoms with Crippen LogP contribution in [-0.2, 0) is 0 Å². The van der Waals surface area contributed by atoms with E-state index in [4.69, 9.17) is 10.2 Å². The fourth-order valence-corrected chi connectivity index (χ4v) is 2.03. The quantitative estimate of drug-likeness (QED) is 0.663. The second-order valence-electron chi connectivity index (χ2n) is 4.48. The van der Waals surface area contributed by atoms with Crippen LogP contribution in [0.2, 0.25) is 0 Å². The van der Waals surface area contributed by atoms with Crippen molar-refractivity contribution in [3.63, 3.8) is 0 Å². The molecule has 0 spiro atoms. The molecule has 3 rings (SSSR count). The Morgan fingerprint density at radius 3 is 2.63 bits per heavy atom. The van der Waals surface area contributed by atoms with Crippen LogP contribution in [0.3, 0.4) is 0 Å². The van der Waals surface area contributed by atoms with Crippen LogP contribution >= 0.6 is 0 Å². The van der Waals surface area contributed by atoms with E-state index in [9.17, 15) is 8.78 Å². The molecule has 4 heteroatoms. The Kier molecular flexibility index (Phi) is 2.52. The minimum atomic E-state index is -0.411. The molecule has 0 unspecified atom stereocenters. The van der Waals surface area contributed by atoms with E-state index in [1.807, 2.05) is 0 Å². The second-order valence-corrected chi connectivity index (χ2v) is 4.48. The van der Waals surface area contributed by atoms with Crippen molar-refractivity contribution in [2.45, 2.75) is 6.92 Å². The Morgan fingerprint density at radius 1 is 1.05 bits per heavy atom. The summed E-state index contributed by atoms with van der Waals surface area (Å²) in [5.41, 5.74) is 7.72. The maximum absolute atomic E-state index is 13.9. The lowest BCUT2D eigenvalue weighted by Gasteiger charge is -2.04. The van der Waals surface area contributed by atoms with Crippen LogP contribution in [0.4, 0.5) is 14.5 Å². The third-order valence-corrected chi connectivity index (χ3v) is 3.10. The van der Waals surface area contributed by atoms with Crippen molar-refractivity contribution in [2.75, 3.05) is 5.73 Å². The van der Waals surface area contributed by atoms with Crippen LogP contribution in [0.15, 0.2) is 40.8 Å². The molecule has 1 heterocycles. The first-order valence-corrected chi connectivity index (χ1v) is 5.79. The Labute approximate surface area is 108 Å². The van der Waals surface area contributed by atoms with Crippen molar-refractivity contribution in [1.82, 2.24) is 0 Å². The summed E-state index contributed by atoms with van der Waals surface area (Å²) in [6.45, 7) is 1.73. The van der Waals surface area contributed by atoms with Crippen molar-refractivity contribution in [3.05, 3.63) is 53.6 Å². The SMILES string of the molecule is Cc1cc(F)c(-c2cc3cc(F)ccc3o2)cc1N. The monoisotopic (exact) mass is 259 g/mol. The Morgan fingerprint density at radius 2 is 1.84 bits per heavy atom. The highest BCUT2D eigenvalue weighted by molar-refractivity contribution is 5.83. The number of benzene rings is 2. The maximum Gasteiger partial charge on any atom is 0.138 e. The lowest BCUT2D eigenvalue weighted by Crippen LogP contribution is -1.93. The lowest BCUT2D eigenvalue weighted by atomic mass is 10.1. The molecular weight excluding hydrogens is 248 g/mol. The van der Waals surface area contributed by atoms with Gasteiger partial charge in [0.05, 0.1) is 5.56 Å². The fourth-order valence-electron chi connectivity index (χ4n) is 2.03.